The topological polar surface area (TPSA) is 146 Å². The van der Waals surface area contributed by atoms with E-state index in [2.05, 4.69) is 16.3 Å². The van der Waals surface area contributed by atoms with Gasteiger partial charge in [-0.3, -0.25) is 4.79 Å². The lowest BCUT2D eigenvalue weighted by Gasteiger charge is -2.54. The van der Waals surface area contributed by atoms with Gasteiger partial charge in [0.25, 0.3) is 0 Å². The van der Waals surface area contributed by atoms with Crippen LogP contribution in [0.2, 0.25) is 0 Å². The molecule has 0 unspecified atom stereocenters. The van der Waals surface area contributed by atoms with Gasteiger partial charge in [0.15, 0.2) is 4.34 Å². The maximum atomic E-state index is 15.2. The fourth-order valence-electron chi connectivity index (χ4n) is 6.92. The molecular weight excluding hydrogens is 728 g/mol. The number of aromatic nitrogens is 2. The van der Waals surface area contributed by atoms with E-state index in [0.29, 0.717) is 15.7 Å². The van der Waals surface area contributed by atoms with Crippen molar-refractivity contribution >= 4 is 63.2 Å². The summed E-state index contributed by atoms with van der Waals surface area (Å²) < 4.78 is 12.1. The van der Waals surface area contributed by atoms with Crippen molar-refractivity contribution in [1.82, 2.24) is 15.1 Å². The summed E-state index contributed by atoms with van der Waals surface area (Å²) in [6.45, 7) is -1.87. The Balaban J connectivity index is 1.62. The van der Waals surface area contributed by atoms with Crippen LogP contribution >= 0.6 is 30.0 Å². The number of rotatable bonds is 15. The Morgan fingerprint density at radius 3 is 1.98 bits per heavy atom. The molecular formula is C40H39N4O6PS2. The van der Waals surface area contributed by atoms with Crippen molar-refractivity contribution in [3.63, 3.8) is 0 Å². The number of esters is 1. The first kappa shape index (κ1) is 38.0. The number of amides is 1. The van der Waals surface area contributed by atoms with Gasteiger partial charge in [-0.15, -0.1) is 10.2 Å². The molecule has 13 heteroatoms. The number of ether oxygens (including phenoxy) is 2. The van der Waals surface area contributed by atoms with Gasteiger partial charge in [-0.1, -0.05) is 126 Å². The third kappa shape index (κ3) is 7.81. The zero-order valence-electron chi connectivity index (χ0n) is 29.1. The van der Waals surface area contributed by atoms with Crippen LogP contribution in [0, 0.1) is 23.2 Å². The van der Waals surface area contributed by atoms with Crippen LogP contribution in [0.5, 0.6) is 5.75 Å². The lowest BCUT2D eigenvalue weighted by Crippen LogP contribution is -2.71. The summed E-state index contributed by atoms with van der Waals surface area (Å²) in [5.41, 5.74) is 2.41. The molecule has 1 aromatic heterocycles. The Bertz CT molecular complexity index is 1980. The van der Waals surface area contributed by atoms with Gasteiger partial charge >= 0.3 is 5.97 Å². The molecule has 1 aliphatic heterocycles. The van der Waals surface area contributed by atoms with Crippen molar-refractivity contribution in [3.05, 3.63) is 126 Å². The van der Waals surface area contributed by atoms with E-state index in [1.165, 1.54) is 34.9 Å². The summed E-state index contributed by atoms with van der Waals surface area (Å²) in [6, 6.07) is 37.2. The molecule has 10 nitrogen and oxygen atoms in total. The molecule has 1 saturated heterocycles. The van der Waals surface area contributed by atoms with Crippen molar-refractivity contribution in [3.8, 4) is 11.8 Å². The second kappa shape index (κ2) is 17.4. The largest absolute Gasteiger partial charge is 0.497 e. The van der Waals surface area contributed by atoms with Crippen molar-refractivity contribution < 1.29 is 29.3 Å². The SMILES string of the molecule is COc1ccc(COC(=O)C(N2C(=O)[C@H]([C@@H](C)O)[C@H]2[C@H](CC#N)[C@H](O)CSc2nncs2)=P(c2ccccc2)(c2ccccc2)c2ccccc2)cc1. The Morgan fingerprint density at radius 2 is 1.51 bits per heavy atom. The van der Waals surface area contributed by atoms with Gasteiger partial charge in [0.1, 0.15) is 23.3 Å². The maximum absolute atomic E-state index is 15.2. The van der Waals surface area contributed by atoms with Crippen LogP contribution in [0.1, 0.15) is 18.9 Å². The molecule has 0 spiro atoms. The summed E-state index contributed by atoms with van der Waals surface area (Å²) in [6.07, 6.45) is -2.39. The molecule has 0 radical (unpaired) electrons. The second-order valence-corrected chi connectivity index (χ2v) is 17.9. The minimum atomic E-state index is -3.29. The number of likely N-dealkylation sites (tertiary alicyclic amines) is 1. The van der Waals surface area contributed by atoms with Crippen LogP contribution in [0.3, 0.4) is 0 Å². The summed E-state index contributed by atoms with van der Waals surface area (Å²) >= 11 is 2.62. The highest BCUT2D eigenvalue weighted by molar-refractivity contribution is 8.01. The third-order valence-corrected chi connectivity index (χ3v) is 15.6. The number of aliphatic hydroxyl groups excluding tert-OH is 2. The monoisotopic (exact) mass is 766 g/mol. The van der Waals surface area contributed by atoms with E-state index >= 15 is 4.79 Å². The lowest BCUT2D eigenvalue weighted by atomic mass is 9.73. The van der Waals surface area contributed by atoms with Crippen LogP contribution in [-0.4, -0.2) is 73.7 Å². The summed E-state index contributed by atoms with van der Waals surface area (Å²) in [7, 11) is 1.57. The van der Waals surface area contributed by atoms with Crippen LogP contribution in [0.15, 0.2) is 125 Å². The number of hydrogen-bond donors (Lipinski definition) is 2. The minimum Gasteiger partial charge on any atom is -0.497 e. The number of β-lactam (4-membered cyclic amide) rings is 1. The first-order valence-corrected chi connectivity index (χ1v) is 20.6. The van der Waals surface area contributed by atoms with E-state index in [1.807, 2.05) is 91.0 Å². The molecule has 6 rings (SSSR count). The van der Waals surface area contributed by atoms with Crippen molar-refractivity contribution in [2.24, 2.45) is 11.8 Å². The lowest BCUT2D eigenvalue weighted by molar-refractivity contribution is -0.163. The minimum absolute atomic E-state index is 0.0973. The summed E-state index contributed by atoms with van der Waals surface area (Å²) in [5, 5.41) is 43.4. The zero-order valence-corrected chi connectivity index (χ0v) is 31.7. The summed E-state index contributed by atoms with van der Waals surface area (Å²) in [4.78, 5) is 31.3. The van der Waals surface area contributed by atoms with E-state index in [4.69, 9.17) is 9.47 Å². The summed E-state index contributed by atoms with van der Waals surface area (Å²) in [5.74, 6) is -2.24. The number of carbonyl (C=O) groups is 2. The highest BCUT2D eigenvalue weighted by atomic mass is 32.2. The standard InChI is InChI=1S/C40H39N4O6PS2/c1-27(45)35-36(33(22-23-41)34(46)25-52-40-43-42-26-53-40)44(37(35)47)38(39(48)50-24-28-18-20-29(49-2)21-19-28)51(30-12-6-3-7-13-30,31-14-8-4-9-15-31)32-16-10-5-11-17-32/h3-21,26-27,33-36,45-46H,22,24-25H2,1-2H3/t27-,33-,34-,35-,36-/m1/s1. The molecule has 272 valence electrons. The first-order chi connectivity index (χ1) is 25.8. The van der Waals surface area contributed by atoms with Gasteiger partial charge < -0.3 is 24.6 Å². The number of methoxy groups -OCH3 is 1. The second-order valence-electron chi connectivity index (χ2n) is 12.5. The number of hydrogen-bond acceptors (Lipinski definition) is 11. The number of benzene rings is 4. The molecule has 4 aromatic carbocycles. The number of thioether (sulfide) groups is 1. The molecule has 53 heavy (non-hydrogen) atoms. The number of nitrogens with zero attached hydrogens (tertiary/aromatic N) is 4. The molecule has 1 amide bonds. The predicted molar refractivity (Wildman–Crippen MR) is 209 cm³/mol. The van der Waals surface area contributed by atoms with Gasteiger partial charge in [-0.05, 0) is 40.5 Å². The van der Waals surface area contributed by atoms with Gasteiger partial charge in [-0.25, -0.2) is 4.79 Å². The van der Waals surface area contributed by atoms with E-state index in [-0.39, 0.29) is 24.2 Å². The molecule has 2 N–H and O–H groups in total. The number of nitriles is 1. The zero-order chi connectivity index (χ0) is 37.4. The fourth-order valence-corrected chi connectivity index (χ4v) is 12.9. The molecule has 2 heterocycles. The molecule has 5 atom stereocenters. The van der Waals surface area contributed by atoms with Gasteiger partial charge in [0, 0.05) is 25.0 Å². The van der Waals surface area contributed by atoms with Gasteiger partial charge in [0.2, 0.25) is 5.91 Å². The molecule has 0 bridgehead atoms. The average Bonchev–Trinajstić information content (AvgIpc) is 3.72. The predicted octanol–water partition coefficient (Wildman–Crippen LogP) is 4.60. The fraction of sp³-hybridized carbons (Fsp3) is 0.250. The molecule has 1 fully saturated rings. The van der Waals surface area contributed by atoms with E-state index < -0.39 is 48.8 Å². The average molecular weight is 767 g/mol. The molecule has 0 saturated carbocycles. The Morgan fingerprint density at radius 1 is 0.943 bits per heavy atom. The molecule has 0 aliphatic carbocycles. The Hall–Kier alpha value is -4.76. The van der Waals surface area contributed by atoms with E-state index in [0.717, 1.165) is 15.9 Å². The molecule has 1 aliphatic rings. The Labute approximate surface area is 317 Å². The van der Waals surface area contributed by atoms with Crippen LogP contribution in [0.25, 0.3) is 0 Å². The van der Waals surface area contributed by atoms with Crippen molar-refractivity contribution in [2.45, 2.75) is 42.5 Å². The first-order valence-electron chi connectivity index (χ1n) is 17.0. The van der Waals surface area contributed by atoms with E-state index in [9.17, 15) is 20.3 Å². The van der Waals surface area contributed by atoms with Gasteiger partial charge in [-0.2, -0.15) is 5.26 Å². The van der Waals surface area contributed by atoms with Gasteiger partial charge in [0.05, 0.1) is 37.3 Å². The van der Waals surface area contributed by atoms with Crippen molar-refractivity contribution in [1.29, 1.82) is 5.26 Å². The quantitative estimate of drug-likeness (QED) is 0.0671. The van der Waals surface area contributed by atoms with Crippen LogP contribution in [0.4, 0.5) is 0 Å². The van der Waals surface area contributed by atoms with Crippen LogP contribution < -0.4 is 20.7 Å². The smallest absolute Gasteiger partial charge is 0.356 e. The third-order valence-electron chi connectivity index (χ3n) is 9.37. The maximum Gasteiger partial charge on any atom is 0.356 e. The normalized spacial score (nSPS) is 17.2. The highest BCUT2D eigenvalue weighted by Crippen LogP contribution is 2.51. The highest BCUT2D eigenvalue weighted by Gasteiger charge is 2.58. The van der Waals surface area contributed by atoms with E-state index in [1.54, 1.807) is 36.9 Å². The Kier molecular flexibility index (Phi) is 12.5. The number of carbonyl (C=O) groups excluding carboxylic acids is 2. The number of aliphatic hydroxyl groups is 2. The van der Waals surface area contributed by atoms with Crippen LogP contribution in [-0.2, 0) is 20.9 Å². The van der Waals surface area contributed by atoms with Crippen molar-refractivity contribution in [2.75, 3.05) is 12.9 Å². The molecule has 5 aromatic rings.